The summed E-state index contributed by atoms with van der Waals surface area (Å²) in [6.45, 7) is 4.60. The molecule has 0 bridgehead atoms. The van der Waals surface area contributed by atoms with Gasteiger partial charge in [0.1, 0.15) is 5.75 Å². The maximum absolute atomic E-state index is 11.6. The van der Waals surface area contributed by atoms with Crippen LogP contribution in [0.25, 0.3) is 10.9 Å². The average Bonchev–Trinajstić information content (AvgIpc) is 2.47. The summed E-state index contributed by atoms with van der Waals surface area (Å²) in [6.07, 6.45) is 2.10. The molecule has 2 aromatic rings. The normalized spacial score (nSPS) is 10.6. The summed E-state index contributed by atoms with van der Waals surface area (Å²) in [5, 5.41) is 0.936. The Morgan fingerprint density at radius 1 is 1.25 bits per heavy atom. The number of hydrogen-bond donors (Lipinski definition) is 0. The first kappa shape index (κ1) is 14.3. The summed E-state index contributed by atoms with van der Waals surface area (Å²) in [5.74, 6) is 0.223. The van der Waals surface area contributed by atoms with Crippen LogP contribution in [0, 0.1) is 0 Å². The Bertz CT molecular complexity index is 622. The van der Waals surface area contributed by atoms with Crippen molar-refractivity contribution in [2.45, 2.75) is 26.7 Å². The number of methoxy groups -OCH3 is 1. The quantitative estimate of drug-likeness (QED) is 0.784. The number of carbonyl (C=O) groups excluding carboxylic acids is 1. The first-order chi connectivity index (χ1) is 9.69. The van der Waals surface area contributed by atoms with E-state index in [9.17, 15) is 4.79 Å². The minimum Gasteiger partial charge on any atom is -0.493 e. The van der Waals surface area contributed by atoms with Gasteiger partial charge in [0.2, 0.25) is 0 Å². The van der Waals surface area contributed by atoms with Gasteiger partial charge in [0.15, 0.2) is 5.69 Å². The van der Waals surface area contributed by atoms with Crippen LogP contribution in [0.15, 0.2) is 24.3 Å². The van der Waals surface area contributed by atoms with Gasteiger partial charge in [-0.2, -0.15) is 0 Å². The van der Waals surface area contributed by atoms with Gasteiger partial charge in [0, 0.05) is 11.5 Å². The van der Waals surface area contributed by atoms with Crippen molar-refractivity contribution in [3.8, 4) is 5.75 Å². The standard InChI is InChI=1S/C16H19NO3/c1-4-6-11-7-8-13-12(9-11)15(20-5-2)10-14(17-13)16(18)19-3/h7-10H,4-6H2,1-3H3. The van der Waals surface area contributed by atoms with Crippen molar-refractivity contribution in [1.82, 2.24) is 4.98 Å². The summed E-state index contributed by atoms with van der Waals surface area (Å²) in [6, 6.07) is 7.69. The number of rotatable bonds is 5. The van der Waals surface area contributed by atoms with Gasteiger partial charge < -0.3 is 9.47 Å². The first-order valence-electron chi connectivity index (χ1n) is 6.84. The second-order valence-corrected chi connectivity index (χ2v) is 4.53. The van der Waals surface area contributed by atoms with Crippen LogP contribution in [-0.2, 0) is 11.2 Å². The molecule has 1 aromatic heterocycles. The Morgan fingerprint density at radius 2 is 2.05 bits per heavy atom. The van der Waals surface area contributed by atoms with Crippen molar-refractivity contribution in [2.24, 2.45) is 0 Å². The highest BCUT2D eigenvalue weighted by Gasteiger charge is 2.13. The fourth-order valence-corrected chi connectivity index (χ4v) is 2.17. The predicted molar refractivity (Wildman–Crippen MR) is 78.2 cm³/mol. The number of carbonyl (C=O) groups is 1. The smallest absolute Gasteiger partial charge is 0.356 e. The molecule has 0 N–H and O–H groups in total. The van der Waals surface area contributed by atoms with E-state index < -0.39 is 5.97 Å². The van der Waals surface area contributed by atoms with Gasteiger partial charge in [-0.3, -0.25) is 0 Å². The second-order valence-electron chi connectivity index (χ2n) is 4.53. The molecule has 2 rings (SSSR count). The number of benzene rings is 1. The molecular formula is C16H19NO3. The number of ether oxygens (including phenoxy) is 2. The minimum absolute atomic E-state index is 0.270. The van der Waals surface area contributed by atoms with Crippen LogP contribution in [0.1, 0.15) is 36.3 Å². The molecule has 0 aliphatic heterocycles. The van der Waals surface area contributed by atoms with Crippen molar-refractivity contribution in [2.75, 3.05) is 13.7 Å². The second kappa shape index (κ2) is 6.37. The third-order valence-corrected chi connectivity index (χ3v) is 3.07. The predicted octanol–water partition coefficient (Wildman–Crippen LogP) is 3.37. The van der Waals surface area contributed by atoms with Crippen LogP contribution in [0.2, 0.25) is 0 Å². The molecule has 0 saturated heterocycles. The Hall–Kier alpha value is -2.10. The van der Waals surface area contributed by atoms with E-state index >= 15 is 0 Å². The van der Waals surface area contributed by atoms with Gasteiger partial charge in [0.05, 0.1) is 19.2 Å². The first-order valence-corrected chi connectivity index (χ1v) is 6.84. The number of hydrogen-bond acceptors (Lipinski definition) is 4. The van der Waals surface area contributed by atoms with Crippen LogP contribution in [-0.4, -0.2) is 24.7 Å². The summed E-state index contributed by atoms with van der Waals surface area (Å²) in [5.41, 5.74) is 2.26. The minimum atomic E-state index is -0.453. The summed E-state index contributed by atoms with van der Waals surface area (Å²) in [7, 11) is 1.35. The zero-order valence-electron chi connectivity index (χ0n) is 12.1. The lowest BCUT2D eigenvalue weighted by Crippen LogP contribution is -2.06. The van der Waals surface area contributed by atoms with Crippen molar-refractivity contribution in [1.29, 1.82) is 0 Å². The van der Waals surface area contributed by atoms with E-state index in [4.69, 9.17) is 9.47 Å². The molecule has 0 amide bonds. The third kappa shape index (κ3) is 2.90. The summed E-state index contributed by atoms with van der Waals surface area (Å²) >= 11 is 0. The van der Waals surface area contributed by atoms with E-state index in [1.807, 2.05) is 19.1 Å². The summed E-state index contributed by atoms with van der Waals surface area (Å²) in [4.78, 5) is 16.0. The van der Waals surface area contributed by atoms with Crippen molar-refractivity contribution < 1.29 is 14.3 Å². The topological polar surface area (TPSA) is 48.4 Å². The molecule has 0 fully saturated rings. The number of aromatic nitrogens is 1. The zero-order chi connectivity index (χ0) is 14.5. The lowest BCUT2D eigenvalue weighted by atomic mass is 10.1. The lowest BCUT2D eigenvalue weighted by molar-refractivity contribution is 0.0594. The van der Waals surface area contributed by atoms with Crippen LogP contribution in [0.5, 0.6) is 5.75 Å². The van der Waals surface area contributed by atoms with Gasteiger partial charge in [-0.05, 0) is 31.0 Å². The molecule has 4 nitrogen and oxygen atoms in total. The van der Waals surface area contributed by atoms with Gasteiger partial charge in [-0.15, -0.1) is 0 Å². The molecule has 0 radical (unpaired) electrons. The zero-order valence-corrected chi connectivity index (χ0v) is 12.1. The number of pyridine rings is 1. The summed E-state index contributed by atoms with van der Waals surface area (Å²) < 4.78 is 10.4. The Kier molecular flexibility index (Phi) is 4.56. The maximum Gasteiger partial charge on any atom is 0.356 e. The SMILES string of the molecule is CCCc1ccc2nc(C(=O)OC)cc(OCC)c2c1. The van der Waals surface area contributed by atoms with Crippen molar-refractivity contribution in [3.63, 3.8) is 0 Å². The highest BCUT2D eigenvalue weighted by Crippen LogP contribution is 2.27. The van der Waals surface area contributed by atoms with Gasteiger partial charge in [-0.1, -0.05) is 19.4 Å². The van der Waals surface area contributed by atoms with Gasteiger partial charge in [0.25, 0.3) is 0 Å². The Labute approximate surface area is 118 Å². The van der Waals surface area contributed by atoms with E-state index in [-0.39, 0.29) is 5.69 Å². The molecule has 0 saturated carbocycles. The van der Waals surface area contributed by atoms with Crippen molar-refractivity contribution >= 4 is 16.9 Å². The molecule has 4 heteroatoms. The molecule has 0 unspecified atom stereocenters. The molecule has 0 atom stereocenters. The molecule has 1 heterocycles. The maximum atomic E-state index is 11.6. The van der Waals surface area contributed by atoms with Crippen LogP contribution in [0.3, 0.4) is 0 Å². The molecule has 1 aromatic carbocycles. The molecular weight excluding hydrogens is 254 g/mol. The third-order valence-electron chi connectivity index (χ3n) is 3.07. The van der Waals surface area contributed by atoms with Crippen LogP contribution >= 0.6 is 0 Å². The van der Waals surface area contributed by atoms with E-state index in [0.717, 1.165) is 23.7 Å². The number of fused-ring (bicyclic) bond motifs is 1. The van der Waals surface area contributed by atoms with E-state index in [2.05, 4.69) is 18.0 Å². The highest BCUT2D eigenvalue weighted by molar-refractivity contribution is 5.94. The number of aryl methyl sites for hydroxylation is 1. The number of nitrogens with zero attached hydrogens (tertiary/aromatic N) is 1. The van der Waals surface area contributed by atoms with E-state index in [1.165, 1.54) is 12.7 Å². The van der Waals surface area contributed by atoms with Crippen LogP contribution < -0.4 is 4.74 Å². The van der Waals surface area contributed by atoms with E-state index in [1.54, 1.807) is 6.07 Å². The molecule has 0 aliphatic carbocycles. The Morgan fingerprint density at radius 3 is 2.70 bits per heavy atom. The largest absolute Gasteiger partial charge is 0.493 e. The Balaban J connectivity index is 2.58. The van der Waals surface area contributed by atoms with Gasteiger partial charge in [-0.25, -0.2) is 9.78 Å². The molecule has 0 spiro atoms. The van der Waals surface area contributed by atoms with Crippen LogP contribution in [0.4, 0.5) is 0 Å². The average molecular weight is 273 g/mol. The van der Waals surface area contributed by atoms with Gasteiger partial charge >= 0.3 is 5.97 Å². The molecule has 0 aliphatic rings. The molecule has 20 heavy (non-hydrogen) atoms. The molecule has 106 valence electrons. The van der Waals surface area contributed by atoms with E-state index in [0.29, 0.717) is 12.4 Å². The number of esters is 1. The fraction of sp³-hybridized carbons (Fsp3) is 0.375. The fourth-order valence-electron chi connectivity index (χ4n) is 2.17. The highest BCUT2D eigenvalue weighted by atomic mass is 16.5. The monoisotopic (exact) mass is 273 g/mol. The van der Waals surface area contributed by atoms with Crippen molar-refractivity contribution in [3.05, 3.63) is 35.5 Å². The lowest BCUT2D eigenvalue weighted by Gasteiger charge is -2.10.